The number of H-pyrrole nitrogens is 1. The number of para-hydroxylation sites is 1. The van der Waals surface area contributed by atoms with Crippen molar-refractivity contribution < 1.29 is 13.9 Å². The molecule has 4 rings (SSSR count). The Morgan fingerprint density at radius 1 is 1.41 bits per heavy atom. The van der Waals surface area contributed by atoms with Gasteiger partial charge in [0.2, 0.25) is 11.1 Å². The lowest BCUT2D eigenvalue weighted by Gasteiger charge is -2.29. The topological polar surface area (TPSA) is 83.1 Å². The molecule has 1 unspecified atom stereocenters. The van der Waals surface area contributed by atoms with E-state index in [0.717, 1.165) is 0 Å². The summed E-state index contributed by atoms with van der Waals surface area (Å²) >= 11 is 1.36. The van der Waals surface area contributed by atoms with E-state index in [9.17, 15) is 9.59 Å². The average Bonchev–Trinajstić information content (AvgIpc) is 3.19. The van der Waals surface area contributed by atoms with Gasteiger partial charge in [0.05, 0.1) is 17.5 Å². The van der Waals surface area contributed by atoms with Crippen LogP contribution in [0.4, 0.5) is 5.69 Å². The molecule has 0 radical (unpaired) electrons. The largest absolute Gasteiger partial charge is 0.460 e. The first-order valence-corrected chi connectivity index (χ1v) is 9.33. The standard InChI is InChI=1S/C19H16N4O3S/c1-3-11-27-19-20-17(25)16-13-7-4-5-8-14(13)22(12(2)24)18(23(16)21-19)15-9-6-10-26-15/h3-10,18H,1,11H2,2H3/p+1. The maximum atomic E-state index is 12.9. The molecule has 0 aliphatic carbocycles. The highest BCUT2D eigenvalue weighted by Crippen LogP contribution is 2.37. The molecule has 1 aromatic carbocycles. The van der Waals surface area contributed by atoms with Gasteiger partial charge in [0, 0.05) is 17.8 Å². The number of carbonyl (C=O) groups is 1. The molecular formula is C19H17N4O3S+. The van der Waals surface area contributed by atoms with E-state index in [1.807, 2.05) is 24.3 Å². The highest BCUT2D eigenvalue weighted by molar-refractivity contribution is 7.99. The van der Waals surface area contributed by atoms with Gasteiger partial charge in [0.15, 0.2) is 5.76 Å². The van der Waals surface area contributed by atoms with E-state index in [2.05, 4.69) is 16.7 Å². The highest BCUT2D eigenvalue weighted by atomic mass is 32.2. The fourth-order valence-electron chi connectivity index (χ4n) is 3.21. The molecule has 2 aromatic heterocycles. The predicted octanol–water partition coefficient (Wildman–Crippen LogP) is 2.51. The van der Waals surface area contributed by atoms with Crippen LogP contribution in [-0.2, 0) is 4.79 Å². The quantitative estimate of drug-likeness (QED) is 0.427. The Bertz CT molecular complexity index is 1070. The van der Waals surface area contributed by atoms with E-state index in [4.69, 9.17) is 4.42 Å². The molecule has 1 aliphatic heterocycles. The number of hydrogen-bond acceptors (Lipinski definition) is 5. The molecule has 0 spiro atoms. The number of aromatic amines is 1. The van der Waals surface area contributed by atoms with Gasteiger partial charge < -0.3 is 4.42 Å². The monoisotopic (exact) mass is 381 g/mol. The minimum absolute atomic E-state index is 0.177. The van der Waals surface area contributed by atoms with E-state index in [-0.39, 0.29) is 11.5 Å². The smallest absolute Gasteiger partial charge is 0.325 e. The van der Waals surface area contributed by atoms with Crippen molar-refractivity contribution in [2.75, 3.05) is 10.7 Å². The first-order chi connectivity index (χ1) is 13.1. The van der Waals surface area contributed by atoms with Gasteiger partial charge in [-0.25, -0.2) is 4.90 Å². The molecule has 8 heteroatoms. The minimum atomic E-state index is -0.687. The second kappa shape index (κ2) is 6.88. The van der Waals surface area contributed by atoms with Gasteiger partial charge in [-0.15, -0.1) is 6.58 Å². The molecule has 3 heterocycles. The molecule has 1 atom stereocenters. The normalized spacial score (nSPS) is 15.1. The molecule has 1 N–H and O–H groups in total. The van der Waals surface area contributed by atoms with Crippen LogP contribution in [0.5, 0.6) is 0 Å². The molecule has 136 valence electrons. The Morgan fingerprint density at radius 2 is 2.22 bits per heavy atom. The molecule has 0 fully saturated rings. The van der Waals surface area contributed by atoms with Gasteiger partial charge in [-0.1, -0.05) is 30.0 Å². The molecule has 7 nitrogen and oxygen atoms in total. The Balaban J connectivity index is 2.03. The highest BCUT2D eigenvalue weighted by Gasteiger charge is 2.46. The van der Waals surface area contributed by atoms with E-state index in [1.54, 1.807) is 27.8 Å². The predicted molar refractivity (Wildman–Crippen MR) is 101 cm³/mol. The SMILES string of the molecule is C=CCSc1n[n+]2c(c(=O)[nH]1)-c1ccccc1N(C(C)=O)C2c1ccco1. The average molecular weight is 381 g/mol. The van der Waals surface area contributed by atoms with Crippen LogP contribution >= 0.6 is 11.8 Å². The molecule has 0 saturated heterocycles. The van der Waals surface area contributed by atoms with E-state index in [1.165, 1.54) is 24.9 Å². The van der Waals surface area contributed by atoms with Crippen molar-refractivity contribution in [2.24, 2.45) is 0 Å². The molecule has 0 bridgehead atoms. The molecule has 1 amide bonds. The molecule has 1 aliphatic rings. The van der Waals surface area contributed by atoms with Crippen LogP contribution in [0.25, 0.3) is 11.3 Å². The number of nitrogens with one attached hydrogen (secondary N) is 1. The van der Waals surface area contributed by atoms with Gasteiger partial charge in [0.25, 0.3) is 0 Å². The number of hydrogen-bond donors (Lipinski definition) is 1. The summed E-state index contributed by atoms with van der Waals surface area (Å²) in [6.45, 7) is 5.18. The third-order valence-corrected chi connectivity index (χ3v) is 5.09. The fourth-order valence-corrected chi connectivity index (χ4v) is 3.80. The Labute approximate surface area is 159 Å². The summed E-state index contributed by atoms with van der Waals surface area (Å²) in [5, 5.41) is 5.05. The lowest BCUT2D eigenvalue weighted by atomic mass is 10.0. The van der Waals surface area contributed by atoms with Gasteiger partial charge in [0.1, 0.15) is 0 Å². The summed E-state index contributed by atoms with van der Waals surface area (Å²) in [5.41, 5.74) is 1.39. The van der Waals surface area contributed by atoms with Crippen LogP contribution in [0.2, 0.25) is 0 Å². The van der Waals surface area contributed by atoms with Crippen LogP contribution in [0, 0.1) is 0 Å². The Hall–Kier alpha value is -3.13. The maximum Gasteiger partial charge on any atom is 0.325 e. The van der Waals surface area contributed by atoms with Gasteiger partial charge in [-0.05, 0) is 28.9 Å². The van der Waals surface area contributed by atoms with Crippen LogP contribution in [0.15, 0.2) is 69.7 Å². The van der Waals surface area contributed by atoms with Crippen molar-refractivity contribution in [3.05, 3.63) is 71.4 Å². The van der Waals surface area contributed by atoms with Crippen LogP contribution in [-0.4, -0.2) is 21.7 Å². The van der Waals surface area contributed by atoms with Crippen molar-refractivity contribution in [3.63, 3.8) is 0 Å². The number of carbonyl (C=O) groups excluding carboxylic acids is 1. The summed E-state index contributed by atoms with van der Waals surface area (Å²) in [6, 6.07) is 10.8. The lowest BCUT2D eigenvalue weighted by Crippen LogP contribution is -2.60. The zero-order valence-electron chi connectivity index (χ0n) is 14.6. The second-order valence-corrected chi connectivity index (χ2v) is 6.96. The summed E-state index contributed by atoms with van der Waals surface area (Å²) in [7, 11) is 0. The number of aromatic nitrogens is 3. The third-order valence-electron chi connectivity index (χ3n) is 4.23. The first kappa shape index (κ1) is 17.3. The van der Waals surface area contributed by atoms with Crippen molar-refractivity contribution >= 4 is 23.4 Å². The zero-order chi connectivity index (χ0) is 19.0. The van der Waals surface area contributed by atoms with Crippen LogP contribution < -0.4 is 15.1 Å². The Morgan fingerprint density at radius 3 is 2.93 bits per heavy atom. The van der Waals surface area contributed by atoms with Gasteiger partial charge >= 0.3 is 17.4 Å². The number of furan rings is 1. The second-order valence-electron chi connectivity index (χ2n) is 5.95. The van der Waals surface area contributed by atoms with Crippen molar-refractivity contribution in [1.29, 1.82) is 0 Å². The van der Waals surface area contributed by atoms with E-state index >= 15 is 0 Å². The molecule has 27 heavy (non-hydrogen) atoms. The summed E-state index contributed by atoms with van der Waals surface area (Å²) in [6.07, 6.45) is 2.58. The summed E-state index contributed by atoms with van der Waals surface area (Å²) in [4.78, 5) is 29.9. The van der Waals surface area contributed by atoms with Crippen molar-refractivity contribution in [2.45, 2.75) is 18.2 Å². The van der Waals surface area contributed by atoms with Gasteiger partial charge in [-0.2, -0.15) is 0 Å². The van der Waals surface area contributed by atoms with Crippen molar-refractivity contribution in [3.8, 4) is 11.3 Å². The molecular weight excluding hydrogens is 364 g/mol. The summed E-state index contributed by atoms with van der Waals surface area (Å²) < 4.78 is 7.16. The summed E-state index contributed by atoms with van der Waals surface area (Å²) in [5.74, 6) is 0.939. The third kappa shape index (κ3) is 2.87. The minimum Gasteiger partial charge on any atom is -0.460 e. The maximum absolute atomic E-state index is 12.9. The lowest BCUT2D eigenvalue weighted by molar-refractivity contribution is -0.764. The van der Waals surface area contributed by atoms with Crippen LogP contribution in [0.1, 0.15) is 18.8 Å². The fraction of sp³-hybridized carbons (Fsp3) is 0.158. The van der Waals surface area contributed by atoms with E-state index in [0.29, 0.717) is 33.6 Å². The molecule has 3 aromatic rings. The Kier molecular flexibility index (Phi) is 4.41. The molecule has 0 saturated carbocycles. The number of nitrogens with zero attached hydrogens (tertiary/aromatic N) is 3. The zero-order valence-corrected chi connectivity index (χ0v) is 15.4. The van der Waals surface area contributed by atoms with Crippen molar-refractivity contribution in [1.82, 2.24) is 10.1 Å². The van der Waals surface area contributed by atoms with E-state index < -0.39 is 6.17 Å². The number of rotatable bonds is 4. The van der Waals surface area contributed by atoms with Gasteiger partial charge in [-0.3, -0.25) is 14.6 Å². The first-order valence-electron chi connectivity index (χ1n) is 8.34. The number of anilines is 1. The number of thioether (sulfide) groups is 1. The number of amides is 1. The number of fused-ring (bicyclic) bond motifs is 3. The number of benzene rings is 1. The van der Waals surface area contributed by atoms with Crippen LogP contribution in [0.3, 0.4) is 0 Å².